The van der Waals surface area contributed by atoms with Crippen molar-refractivity contribution in [1.82, 2.24) is 5.32 Å². The van der Waals surface area contributed by atoms with Crippen molar-refractivity contribution in [3.63, 3.8) is 0 Å². The van der Waals surface area contributed by atoms with Crippen LogP contribution in [0.5, 0.6) is 0 Å². The standard InChI is InChI=1S/C76H139NO8/c1-3-5-7-9-11-13-15-17-19-21-23-25-27-28-29-30-31-32-33-34-35-36-37-38-39-40-41-42-44-46-48-50-52-54-56-58-60-62-64-66-72(80)77-69(68-84-76-75(83)74(82)73(81)71(67-78)85-76)70(79)65-63-61-59-57-55-53-51-49-47-45-43-26-24-22-20-18-16-14-12-10-8-6-4-2/h5,7,11,13,17,19,23,25,28-29,31-32,69-71,73-76,78-79,81-83H,3-4,6,8-10,12,14-16,18,20-22,24,26-27,30,33-68H2,1-2H3,(H,77,80)/b7-5-,13-11-,19-17-,25-23-,29-28-,32-31-. The average molecular weight is 1190 g/mol. The minimum absolute atomic E-state index is 0.135. The molecule has 7 unspecified atom stereocenters. The molecule has 0 aromatic carbocycles. The molecule has 85 heavy (non-hydrogen) atoms. The van der Waals surface area contributed by atoms with Crippen LogP contribution in [0.25, 0.3) is 0 Å². The summed E-state index contributed by atoms with van der Waals surface area (Å²) >= 11 is 0. The predicted molar refractivity (Wildman–Crippen MR) is 364 cm³/mol. The molecule has 0 saturated carbocycles. The lowest BCUT2D eigenvalue weighted by atomic mass is 9.99. The maximum atomic E-state index is 13.2. The summed E-state index contributed by atoms with van der Waals surface area (Å²) in [5, 5.41) is 55.0. The summed E-state index contributed by atoms with van der Waals surface area (Å²) in [7, 11) is 0. The number of ether oxygens (including phenoxy) is 2. The predicted octanol–water partition coefficient (Wildman–Crippen LogP) is 20.3. The second kappa shape index (κ2) is 64.6. The lowest BCUT2D eigenvalue weighted by molar-refractivity contribution is -0.302. The van der Waals surface area contributed by atoms with Gasteiger partial charge in [-0.3, -0.25) is 4.79 Å². The van der Waals surface area contributed by atoms with Crippen molar-refractivity contribution >= 4 is 5.91 Å². The van der Waals surface area contributed by atoms with E-state index in [1.807, 2.05) is 0 Å². The molecule has 496 valence electrons. The molecule has 0 radical (unpaired) electrons. The first kappa shape index (κ1) is 80.6. The van der Waals surface area contributed by atoms with Crippen LogP contribution >= 0.6 is 0 Å². The average Bonchev–Trinajstić information content (AvgIpc) is 3.66. The van der Waals surface area contributed by atoms with Gasteiger partial charge in [0.15, 0.2) is 6.29 Å². The summed E-state index contributed by atoms with van der Waals surface area (Å²) in [5.41, 5.74) is 0. The molecule has 0 aromatic rings. The summed E-state index contributed by atoms with van der Waals surface area (Å²) in [4.78, 5) is 13.2. The number of aliphatic hydroxyl groups is 5. The van der Waals surface area contributed by atoms with Gasteiger partial charge in [-0.25, -0.2) is 0 Å². The van der Waals surface area contributed by atoms with E-state index in [1.165, 1.54) is 244 Å². The Morgan fingerprint density at radius 3 is 1.08 bits per heavy atom. The van der Waals surface area contributed by atoms with Gasteiger partial charge in [0.1, 0.15) is 24.4 Å². The second-order valence-corrected chi connectivity index (χ2v) is 25.4. The van der Waals surface area contributed by atoms with Gasteiger partial charge in [-0.1, -0.05) is 350 Å². The van der Waals surface area contributed by atoms with E-state index in [9.17, 15) is 30.3 Å². The fourth-order valence-corrected chi connectivity index (χ4v) is 11.6. The van der Waals surface area contributed by atoms with Crippen LogP contribution in [0.3, 0.4) is 0 Å². The minimum atomic E-state index is -1.55. The number of hydrogen-bond donors (Lipinski definition) is 6. The van der Waals surface area contributed by atoms with Crippen LogP contribution < -0.4 is 5.32 Å². The topological polar surface area (TPSA) is 149 Å². The molecule has 9 heteroatoms. The Morgan fingerprint density at radius 2 is 0.729 bits per heavy atom. The van der Waals surface area contributed by atoms with Crippen molar-refractivity contribution in [2.45, 2.75) is 391 Å². The van der Waals surface area contributed by atoms with E-state index in [2.05, 4.69) is 92.1 Å². The number of hydrogen-bond acceptors (Lipinski definition) is 8. The van der Waals surface area contributed by atoms with Crippen molar-refractivity contribution in [3.05, 3.63) is 72.9 Å². The zero-order chi connectivity index (χ0) is 61.4. The van der Waals surface area contributed by atoms with Gasteiger partial charge in [-0.05, 0) is 64.2 Å². The van der Waals surface area contributed by atoms with Crippen molar-refractivity contribution in [3.8, 4) is 0 Å². The van der Waals surface area contributed by atoms with Gasteiger partial charge in [0.2, 0.25) is 5.91 Å². The van der Waals surface area contributed by atoms with Crippen LogP contribution in [0.2, 0.25) is 0 Å². The van der Waals surface area contributed by atoms with Gasteiger partial charge >= 0.3 is 0 Å². The lowest BCUT2D eigenvalue weighted by Gasteiger charge is -2.40. The molecule has 1 heterocycles. The van der Waals surface area contributed by atoms with Crippen LogP contribution in [-0.2, 0) is 14.3 Å². The lowest BCUT2D eigenvalue weighted by Crippen LogP contribution is -2.60. The third-order valence-corrected chi connectivity index (χ3v) is 17.3. The molecule has 0 spiro atoms. The first-order valence-corrected chi connectivity index (χ1v) is 36.6. The van der Waals surface area contributed by atoms with E-state index in [1.54, 1.807) is 0 Å². The zero-order valence-electron chi connectivity index (χ0n) is 55.6. The molecule has 1 aliphatic rings. The van der Waals surface area contributed by atoms with Crippen LogP contribution in [0, 0.1) is 0 Å². The van der Waals surface area contributed by atoms with E-state index in [0.29, 0.717) is 12.8 Å². The van der Waals surface area contributed by atoms with Gasteiger partial charge in [0, 0.05) is 6.42 Å². The quantitative estimate of drug-likeness (QED) is 0.0261. The van der Waals surface area contributed by atoms with E-state index in [4.69, 9.17) is 9.47 Å². The maximum Gasteiger partial charge on any atom is 0.220 e. The van der Waals surface area contributed by atoms with E-state index >= 15 is 0 Å². The van der Waals surface area contributed by atoms with Gasteiger partial charge in [-0.2, -0.15) is 0 Å². The summed E-state index contributed by atoms with van der Waals surface area (Å²) in [6, 6.07) is -0.721. The number of amides is 1. The molecular weight excluding hydrogens is 1050 g/mol. The highest BCUT2D eigenvalue weighted by Gasteiger charge is 2.44. The molecule has 1 saturated heterocycles. The third-order valence-electron chi connectivity index (χ3n) is 17.3. The molecule has 1 fully saturated rings. The molecule has 6 N–H and O–H groups in total. The first-order valence-electron chi connectivity index (χ1n) is 36.6. The molecule has 1 rings (SSSR count). The van der Waals surface area contributed by atoms with Crippen molar-refractivity contribution < 1.29 is 39.8 Å². The zero-order valence-corrected chi connectivity index (χ0v) is 55.6. The molecular formula is C76H139NO8. The van der Waals surface area contributed by atoms with Gasteiger partial charge in [-0.15, -0.1) is 0 Å². The monoisotopic (exact) mass is 1190 g/mol. The summed E-state index contributed by atoms with van der Waals surface area (Å²) < 4.78 is 11.4. The minimum Gasteiger partial charge on any atom is -0.394 e. The molecule has 1 aliphatic heterocycles. The highest BCUT2D eigenvalue weighted by molar-refractivity contribution is 5.76. The Kier molecular flexibility index (Phi) is 61.3. The molecule has 0 aliphatic carbocycles. The summed E-state index contributed by atoms with van der Waals surface area (Å²) in [6.45, 7) is 3.77. The van der Waals surface area contributed by atoms with E-state index in [-0.39, 0.29) is 12.5 Å². The number of unbranched alkanes of at least 4 members (excludes halogenated alkanes) is 42. The normalized spacial score (nSPS) is 18.5. The Labute approximate surface area is 525 Å². The Balaban J connectivity index is 2.07. The largest absolute Gasteiger partial charge is 0.394 e. The number of nitrogens with one attached hydrogen (secondary N) is 1. The van der Waals surface area contributed by atoms with Crippen LogP contribution in [0.4, 0.5) is 0 Å². The van der Waals surface area contributed by atoms with Crippen molar-refractivity contribution in [2.75, 3.05) is 13.2 Å². The van der Waals surface area contributed by atoms with Gasteiger partial charge in [0.05, 0.1) is 25.4 Å². The Bertz CT molecular complexity index is 1570. The summed E-state index contributed by atoms with van der Waals surface area (Å²) in [6.07, 6.45) is 84.1. The maximum absolute atomic E-state index is 13.2. The highest BCUT2D eigenvalue weighted by Crippen LogP contribution is 2.24. The smallest absolute Gasteiger partial charge is 0.220 e. The fourth-order valence-electron chi connectivity index (χ4n) is 11.6. The Hall–Kier alpha value is -2.37. The third kappa shape index (κ3) is 53.2. The first-order chi connectivity index (χ1) is 41.8. The molecule has 1 amide bonds. The van der Waals surface area contributed by atoms with Crippen LogP contribution in [-0.4, -0.2) is 87.5 Å². The van der Waals surface area contributed by atoms with Gasteiger partial charge < -0.3 is 40.3 Å². The summed E-state index contributed by atoms with van der Waals surface area (Å²) in [5.74, 6) is -0.138. The number of carbonyl (C=O) groups excluding carboxylic acids is 1. The Morgan fingerprint density at radius 1 is 0.412 bits per heavy atom. The molecule has 0 bridgehead atoms. The molecule has 9 nitrogen and oxygen atoms in total. The fraction of sp³-hybridized carbons (Fsp3) is 0.829. The molecule has 7 atom stereocenters. The van der Waals surface area contributed by atoms with Crippen molar-refractivity contribution in [2.24, 2.45) is 0 Å². The highest BCUT2D eigenvalue weighted by atomic mass is 16.7. The van der Waals surface area contributed by atoms with Crippen LogP contribution in [0.15, 0.2) is 72.9 Å². The van der Waals surface area contributed by atoms with E-state index in [0.717, 1.165) is 77.0 Å². The van der Waals surface area contributed by atoms with Crippen LogP contribution in [0.1, 0.15) is 348 Å². The van der Waals surface area contributed by atoms with Gasteiger partial charge in [0.25, 0.3) is 0 Å². The number of allylic oxidation sites excluding steroid dienone is 12. The number of carbonyl (C=O) groups is 1. The number of aliphatic hydroxyl groups excluding tert-OH is 5. The SMILES string of the molecule is CC/C=C\C/C=C\C/C=C\C/C=C\C/C=C\C/C=C\CCCCCCCCCCCCCCCCCCCCCCC(=O)NC(COC1OC(CO)C(O)C(O)C1O)C(O)CCCCCCCCCCCCCCCCCCCCCCCCC. The number of rotatable bonds is 64. The second-order valence-electron chi connectivity index (χ2n) is 25.4. The van der Waals surface area contributed by atoms with E-state index < -0.39 is 49.5 Å². The van der Waals surface area contributed by atoms with Crippen molar-refractivity contribution in [1.29, 1.82) is 0 Å². The molecule has 0 aromatic heterocycles.